The van der Waals surface area contributed by atoms with Gasteiger partial charge in [0.05, 0.1) is 11.7 Å². The summed E-state index contributed by atoms with van der Waals surface area (Å²) >= 11 is 3.46. The van der Waals surface area contributed by atoms with Crippen LogP contribution in [0.4, 0.5) is 0 Å². The standard InChI is InChI=1S/C12H20BrN3/c1-10(8-13)14-9-11-6-7-16(15-11)12-4-2-3-5-12/h6-7,10,12,14H,2-5,8-9H2,1H3. The summed E-state index contributed by atoms with van der Waals surface area (Å²) in [4.78, 5) is 0. The third kappa shape index (κ3) is 3.08. The Morgan fingerprint density at radius 3 is 3.00 bits per heavy atom. The molecule has 1 aromatic rings. The van der Waals surface area contributed by atoms with Crippen LogP contribution in [-0.2, 0) is 6.54 Å². The molecule has 0 aromatic carbocycles. The van der Waals surface area contributed by atoms with Gasteiger partial charge in [-0.15, -0.1) is 0 Å². The normalized spacial score (nSPS) is 19.1. The molecule has 3 nitrogen and oxygen atoms in total. The number of aromatic nitrogens is 2. The van der Waals surface area contributed by atoms with Crippen LogP contribution in [0.15, 0.2) is 12.3 Å². The zero-order valence-electron chi connectivity index (χ0n) is 9.82. The summed E-state index contributed by atoms with van der Waals surface area (Å²) in [6.07, 6.45) is 7.45. The predicted octanol–water partition coefficient (Wildman–Crippen LogP) is 2.87. The first-order chi connectivity index (χ1) is 7.79. The highest BCUT2D eigenvalue weighted by Gasteiger charge is 2.17. The molecule has 90 valence electrons. The first-order valence-electron chi connectivity index (χ1n) is 6.13. The van der Waals surface area contributed by atoms with Crippen molar-refractivity contribution in [3.63, 3.8) is 0 Å². The number of hydrogen-bond acceptors (Lipinski definition) is 2. The van der Waals surface area contributed by atoms with Gasteiger partial charge in [0.25, 0.3) is 0 Å². The topological polar surface area (TPSA) is 29.9 Å². The van der Waals surface area contributed by atoms with E-state index < -0.39 is 0 Å². The summed E-state index contributed by atoms with van der Waals surface area (Å²) in [5.74, 6) is 0. The number of rotatable bonds is 5. The summed E-state index contributed by atoms with van der Waals surface area (Å²) in [6, 6.07) is 3.28. The third-order valence-electron chi connectivity index (χ3n) is 3.23. The van der Waals surface area contributed by atoms with Gasteiger partial charge >= 0.3 is 0 Å². The van der Waals surface area contributed by atoms with E-state index in [2.05, 4.69) is 50.2 Å². The van der Waals surface area contributed by atoms with E-state index in [1.54, 1.807) is 0 Å². The van der Waals surface area contributed by atoms with E-state index in [1.165, 1.54) is 25.7 Å². The minimum atomic E-state index is 0.497. The van der Waals surface area contributed by atoms with E-state index in [9.17, 15) is 0 Å². The minimum Gasteiger partial charge on any atom is -0.308 e. The first-order valence-corrected chi connectivity index (χ1v) is 7.25. The number of halogens is 1. The van der Waals surface area contributed by atoms with Crippen LogP contribution >= 0.6 is 15.9 Å². The van der Waals surface area contributed by atoms with Gasteiger partial charge in [-0.2, -0.15) is 5.10 Å². The van der Waals surface area contributed by atoms with E-state index in [-0.39, 0.29) is 0 Å². The molecule has 16 heavy (non-hydrogen) atoms. The smallest absolute Gasteiger partial charge is 0.0762 e. The number of nitrogens with zero attached hydrogens (tertiary/aromatic N) is 2. The van der Waals surface area contributed by atoms with Gasteiger partial charge in [-0.3, -0.25) is 4.68 Å². The molecule has 1 aliphatic rings. The molecule has 0 radical (unpaired) electrons. The Bertz CT molecular complexity index is 318. The molecule has 0 bridgehead atoms. The second-order valence-corrected chi connectivity index (χ2v) is 5.31. The zero-order valence-corrected chi connectivity index (χ0v) is 11.4. The third-order valence-corrected chi connectivity index (χ3v) is 4.20. The van der Waals surface area contributed by atoms with Crippen molar-refractivity contribution in [3.05, 3.63) is 18.0 Å². The van der Waals surface area contributed by atoms with Gasteiger partial charge in [-0.1, -0.05) is 28.8 Å². The molecule has 0 saturated heterocycles. The maximum atomic E-state index is 4.64. The van der Waals surface area contributed by atoms with Gasteiger partial charge < -0.3 is 5.32 Å². The molecule has 1 aromatic heterocycles. The van der Waals surface area contributed by atoms with E-state index in [0.29, 0.717) is 12.1 Å². The fourth-order valence-electron chi connectivity index (χ4n) is 2.18. The lowest BCUT2D eigenvalue weighted by Gasteiger charge is -2.10. The molecule has 0 aliphatic heterocycles. The average molecular weight is 286 g/mol. The van der Waals surface area contributed by atoms with Gasteiger partial charge in [0.2, 0.25) is 0 Å². The molecule has 1 fully saturated rings. The van der Waals surface area contributed by atoms with Gasteiger partial charge in [0.1, 0.15) is 0 Å². The van der Waals surface area contributed by atoms with Crippen molar-refractivity contribution in [1.82, 2.24) is 15.1 Å². The lowest BCUT2D eigenvalue weighted by Crippen LogP contribution is -2.26. The SMILES string of the molecule is CC(CBr)NCc1ccn(C2CCCC2)n1. The molecule has 4 heteroatoms. The monoisotopic (exact) mass is 285 g/mol. The van der Waals surface area contributed by atoms with Crippen LogP contribution < -0.4 is 5.32 Å². The molecule has 0 amide bonds. The van der Waals surface area contributed by atoms with E-state index in [0.717, 1.165) is 17.6 Å². The van der Waals surface area contributed by atoms with Gasteiger partial charge in [-0.25, -0.2) is 0 Å². The maximum absolute atomic E-state index is 4.64. The summed E-state index contributed by atoms with van der Waals surface area (Å²) in [6.45, 7) is 3.04. The Morgan fingerprint density at radius 2 is 2.31 bits per heavy atom. The van der Waals surface area contributed by atoms with Gasteiger partial charge in [0.15, 0.2) is 0 Å². The van der Waals surface area contributed by atoms with Crippen molar-refractivity contribution in [3.8, 4) is 0 Å². The van der Waals surface area contributed by atoms with E-state index in [4.69, 9.17) is 0 Å². The Hall–Kier alpha value is -0.350. The van der Waals surface area contributed by atoms with Crippen molar-refractivity contribution >= 4 is 15.9 Å². The second-order valence-electron chi connectivity index (χ2n) is 4.66. The molecule has 1 unspecified atom stereocenters. The lowest BCUT2D eigenvalue weighted by molar-refractivity contribution is 0.459. The van der Waals surface area contributed by atoms with Crippen LogP contribution in [0.1, 0.15) is 44.3 Å². The number of alkyl halides is 1. The fourth-order valence-corrected chi connectivity index (χ4v) is 2.41. The largest absolute Gasteiger partial charge is 0.308 e. The van der Waals surface area contributed by atoms with Crippen LogP contribution in [-0.4, -0.2) is 21.2 Å². The van der Waals surface area contributed by atoms with Crippen molar-refractivity contribution < 1.29 is 0 Å². The van der Waals surface area contributed by atoms with Crippen molar-refractivity contribution in [1.29, 1.82) is 0 Å². The summed E-state index contributed by atoms with van der Waals surface area (Å²) < 4.78 is 2.16. The molecular formula is C12H20BrN3. The fraction of sp³-hybridized carbons (Fsp3) is 0.750. The van der Waals surface area contributed by atoms with E-state index >= 15 is 0 Å². The van der Waals surface area contributed by atoms with Crippen LogP contribution in [0, 0.1) is 0 Å². The molecule has 1 N–H and O–H groups in total. The van der Waals surface area contributed by atoms with Crippen molar-refractivity contribution in [2.24, 2.45) is 0 Å². The Kier molecular flexibility index (Phi) is 4.41. The lowest BCUT2D eigenvalue weighted by atomic mass is 10.3. The molecular weight excluding hydrogens is 266 g/mol. The molecule has 1 heterocycles. The Labute approximate surface area is 106 Å². The predicted molar refractivity (Wildman–Crippen MR) is 69.8 cm³/mol. The molecule has 1 aliphatic carbocycles. The molecule has 1 atom stereocenters. The van der Waals surface area contributed by atoms with Crippen LogP contribution in [0.3, 0.4) is 0 Å². The average Bonchev–Trinajstić information content (AvgIpc) is 2.95. The Balaban J connectivity index is 1.86. The van der Waals surface area contributed by atoms with Crippen molar-refractivity contribution in [2.75, 3.05) is 5.33 Å². The molecule has 2 rings (SSSR count). The number of nitrogens with one attached hydrogen (secondary N) is 1. The maximum Gasteiger partial charge on any atom is 0.0762 e. The zero-order chi connectivity index (χ0) is 11.4. The summed E-state index contributed by atoms with van der Waals surface area (Å²) in [5.41, 5.74) is 1.15. The first kappa shape index (κ1) is 12.1. The highest BCUT2D eigenvalue weighted by Crippen LogP contribution is 2.28. The second kappa shape index (κ2) is 5.82. The summed E-state index contributed by atoms with van der Waals surface area (Å²) in [5, 5.41) is 9.05. The quantitative estimate of drug-likeness (QED) is 0.843. The Morgan fingerprint density at radius 1 is 1.56 bits per heavy atom. The van der Waals surface area contributed by atoms with Crippen LogP contribution in [0.5, 0.6) is 0 Å². The van der Waals surface area contributed by atoms with Crippen LogP contribution in [0.2, 0.25) is 0 Å². The molecule has 0 spiro atoms. The van der Waals surface area contributed by atoms with Crippen molar-refractivity contribution in [2.45, 2.75) is 51.2 Å². The van der Waals surface area contributed by atoms with Crippen LogP contribution in [0.25, 0.3) is 0 Å². The van der Waals surface area contributed by atoms with E-state index in [1.807, 2.05) is 0 Å². The highest BCUT2D eigenvalue weighted by molar-refractivity contribution is 9.09. The number of hydrogen-bond donors (Lipinski definition) is 1. The van der Waals surface area contributed by atoms with Gasteiger partial charge in [0, 0.05) is 24.1 Å². The highest BCUT2D eigenvalue weighted by atomic mass is 79.9. The van der Waals surface area contributed by atoms with Gasteiger partial charge in [-0.05, 0) is 25.8 Å². The summed E-state index contributed by atoms with van der Waals surface area (Å²) in [7, 11) is 0. The molecule has 1 saturated carbocycles. The minimum absolute atomic E-state index is 0.497.